The molecule has 12 aromatic rings. The third-order valence-electron chi connectivity index (χ3n) is 16.5. The molecule has 2 aliphatic heterocycles. The van der Waals surface area contributed by atoms with Crippen molar-refractivity contribution < 1.29 is 16.2 Å². The standard InChI is InChI=1S/C71H60GeN4O/c1-70(2,3)47-38-41-73-65(42-47)76-62-34-18-29-56(57-30-17-33-61-67(57)72(6,7)40-39-71(61,4)5)66(62)60-37-36-50(44-64(60)76)77-49-23-15-22-48(43-49)74-45-75-68-51(46-20-9-8-10-21-46)28-16-31-58(68)54-26-13-11-24-52(54)53-25-12-14-27-55(53)59-32-19-35-63(74)69(59)75/h8-38,41-44H,39-40H2,1-7H3/i8D,9D,10D,20D,21D. The Morgan fingerprint density at radius 3 is 2.00 bits per heavy atom. The van der Waals surface area contributed by atoms with E-state index in [9.17, 15) is 2.74 Å². The summed E-state index contributed by atoms with van der Waals surface area (Å²) in [6.07, 6.45) is 6.94. The molecule has 0 atom stereocenters. The number of hydrogen-bond acceptors (Lipinski definition) is 2. The van der Waals surface area contributed by atoms with E-state index in [0.717, 1.165) is 72.3 Å². The van der Waals surface area contributed by atoms with Crippen LogP contribution in [0.4, 0.5) is 0 Å². The van der Waals surface area contributed by atoms with Gasteiger partial charge in [0, 0.05) is 0 Å². The molecule has 9 aromatic carbocycles. The maximum Gasteiger partial charge on any atom is 0.0890 e. The average Bonchev–Trinajstić information content (AvgIpc) is 2.46. The van der Waals surface area contributed by atoms with E-state index in [-0.39, 0.29) is 28.5 Å². The Morgan fingerprint density at radius 1 is 0.610 bits per heavy atom. The van der Waals surface area contributed by atoms with E-state index < -0.39 is 31.4 Å². The topological polar surface area (TPSA) is 35.9 Å². The summed E-state index contributed by atoms with van der Waals surface area (Å²) in [6.45, 7) is 11.6. The van der Waals surface area contributed by atoms with Crippen LogP contribution < -0.4 is 13.7 Å². The summed E-state index contributed by atoms with van der Waals surface area (Å²) in [5, 5.41) is 3.63. The van der Waals surface area contributed by atoms with E-state index in [4.69, 9.17) is 13.8 Å². The van der Waals surface area contributed by atoms with Crippen LogP contribution in [0.2, 0.25) is 16.8 Å². The third kappa shape index (κ3) is 7.64. The van der Waals surface area contributed by atoms with Gasteiger partial charge in [-0.1, -0.05) is 115 Å². The maximum atomic E-state index is 9.27. The van der Waals surface area contributed by atoms with Crippen LogP contribution in [0.1, 0.15) is 59.0 Å². The molecule has 0 bridgehead atoms. The Hall–Kier alpha value is -8.26. The Bertz CT molecular complexity index is 4650. The van der Waals surface area contributed by atoms with Gasteiger partial charge in [-0.3, -0.25) is 9.13 Å². The molecule has 0 unspecified atom stereocenters. The molecule has 0 amide bonds. The van der Waals surface area contributed by atoms with Gasteiger partial charge >= 0.3 is 259 Å². The van der Waals surface area contributed by atoms with E-state index in [1.54, 1.807) is 4.40 Å². The van der Waals surface area contributed by atoms with Crippen molar-refractivity contribution in [3.63, 3.8) is 0 Å². The number of aromatic nitrogens is 4. The van der Waals surface area contributed by atoms with E-state index >= 15 is 0 Å². The maximum absolute atomic E-state index is 9.27. The summed E-state index contributed by atoms with van der Waals surface area (Å²) < 4.78 is 59.7. The fraction of sp³-hybridized carbons (Fsp3) is 0.155. The van der Waals surface area contributed by atoms with Crippen molar-refractivity contribution in [2.24, 2.45) is 0 Å². The number of rotatable bonds is 6. The zero-order chi connectivity index (χ0) is 56.7. The number of para-hydroxylation sites is 2. The van der Waals surface area contributed by atoms with Crippen LogP contribution in [0.15, 0.2) is 212 Å². The summed E-state index contributed by atoms with van der Waals surface area (Å²) in [7, 11) is 0. The van der Waals surface area contributed by atoms with Crippen molar-refractivity contribution in [2.75, 3.05) is 0 Å². The largest absolute Gasteiger partial charge is 0.0890 e. The van der Waals surface area contributed by atoms with Gasteiger partial charge in [0.2, 0.25) is 0 Å². The molecular weight excluding hydrogens is 997 g/mol. The number of hydrogen-bond donors (Lipinski definition) is 0. The zero-order valence-electron chi connectivity index (χ0n) is 49.4. The van der Waals surface area contributed by atoms with Crippen LogP contribution in [-0.4, -0.2) is 27.4 Å². The molecule has 0 saturated carbocycles. The Labute approximate surface area is 461 Å². The van der Waals surface area contributed by atoms with Gasteiger partial charge in [0.1, 0.15) is 0 Å². The van der Waals surface area contributed by atoms with Crippen LogP contribution in [-0.2, 0) is 10.8 Å². The summed E-state index contributed by atoms with van der Waals surface area (Å²) in [6, 6.07) is 59.7. The van der Waals surface area contributed by atoms with Crippen LogP contribution in [0.5, 0.6) is 11.5 Å². The minimum absolute atomic E-state index is 0.0978. The average molecular weight is 1060 g/mol. The summed E-state index contributed by atoms with van der Waals surface area (Å²) >= 11 is -2.45. The Balaban J connectivity index is 0.960. The van der Waals surface area contributed by atoms with Crippen molar-refractivity contribution >= 4 is 50.5 Å². The summed E-state index contributed by atoms with van der Waals surface area (Å²) in [5.74, 6) is 7.33. The molecule has 2 aliphatic rings. The third-order valence-corrected chi connectivity index (χ3v) is 23.6. The number of nitrogens with zero attached hydrogens (tertiary/aromatic N) is 4. The van der Waals surface area contributed by atoms with Crippen LogP contribution in [0.25, 0.3) is 106 Å². The SMILES string of the molecule is [2H]c1c([2H])c([2H])c(-c2cccc3c2-[n+]2[c-]n(-c4cccc(Oc5ccc6c7c(-c8cccc9[c]8[Ge]([CH3])([CH3])[CH2]CC9(C)C)cccc7n(-c7cc(C(C)(C)C)ccn7)c6c5)c4)c4cccc(c42)-c2ccccc2-c2ccccc2-3)c([2H])c1[2H]. The predicted molar refractivity (Wildman–Crippen MR) is 321 cm³/mol. The molecular formula is C71H60GeN4O. The number of imidazole rings is 1. The van der Waals surface area contributed by atoms with Gasteiger partial charge in [-0.05, 0) is 50.6 Å². The van der Waals surface area contributed by atoms with Gasteiger partial charge in [0.25, 0.3) is 6.33 Å². The van der Waals surface area contributed by atoms with Gasteiger partial charge in [0.05, 0.1) is 23.6 Å². The number of pyridine rings is 1. The molecule has 0 aliphatic carbocycles. The first kappa shape index (κ1) is 41.9. The molecule has 0 radical (unpaired) electrons. The smallest absolute Gasteiger partial charge is 0.0660 e. The Kier molecular flexibility index (Phi) is 9.61. The van der Waals surface area contributed by atoms with E-state index in [1.165, 1.54) is 39.3 Å². The van der Waals surface area contributed by atoms with Crippen LogP contribution in [0.3, 0.4) is 0 Å². The number of ether oxygens (including phenoxy) is 1. The second-order valence-electron chi connectivity index (χ2n) is 23.2. The molecule has 5 heterocycles. The molecule has 3 aromatic heterocycles. The van der Waals surface area contributed by atoms with Gasteiger partial charge in [-0.25, -0.2) is 0 Å². The first-order valence-electron chi connectivity index (χ1n) is 29.2. The molecule has 5 nitrogen and oxygen atoms in total. The predicted octanol–water partition coefficient (Wildman–Crippen LogP) is 17.5. The fourth-order valence-corrected chi connectivity index (χ4v) is 20.1. The van der Waals surface area contributed by atoms with Crippen LogP contribution in [0, 0.1) is 6.33 Å². The minimum atomic E-state index is -2.45. The van der Waals surface area contributed by atoms with E-state index in [2.05, 4.69) is 184 Å². The monoisotopic (exact) mass is 1060 g/mol. The van der Waals surface area contributed by atoms with Gasteiger partial charge in [0.15, 0.2) is 0 Å². The molecule has 0 fully saturated rings. The van der Waals surface area contributed by atoms with Gasteiger partial charge in [-0.15, -0.1) is 0 Å². The molecule has 0 saturated heterocycles. The first-order valence-corrected chi connectivity index (χ1v) is 33.5. The normalized spacial score (nSPS) is 15.2. The summed E-state index contributed by atoms with van der Waals surface area (Å²) in [4.78, 5) is 5.09. The number of fused-ring (bicyclic) bond motifs is 11. The fourth-order valence-electron chi connectivity index (χ4n) is 12.6. The van der Waals surface area contributed by atoms with Crippen molar-refractivity contribution in [1.29, 1.82) is 0 Å². The molecule has 6 heteroatoms. The molecule has 14 rings (SSSR count). The Morgan fingerprint density at radius 2 is 1.23 bits per heavy atom. The van der Waals surface area contributed by atoms with Gasteiger partial charge < -0.3 is 0 Å². The van der Waals surface area contributed by atoms with Crippen molar-refractivity contribution in [3.05, 3.63) is 230 Å². The molecule has 0 spiro atoms. The zero-order valence-corrected chi connectivity index (χ0v) is 46.5. The van der Waals surface area contributed by atoms with Crippen LogP contribution >= 0.6 is 0 Å². The van der Waals surface area contributed by atoms with E-state index in [0.29, 0.717) is 22.7 Å². The quantitative estimate of drug-likeness (QED) is 0.0945. The molecule has 374 valence electrons. The van der Waals surface area contributed by atoms with Crippen molar-refractivity contribution in [1.82, 2.24) is 14.1 Å². The van der Waals surface area contributed by atoms with Crippen molar-refractivity contribution in [3.8, 4) is 84.3 Å². The second kappa shape index (κ2) is 17.7. The number of benzene rings is 9. The molecule has 77 heavy (non-hydrogen) atoms. The van der Waals surface area contributed by atoms with Crippen molar-refractivity contribution in [2.45, 2.75) is 68.6 Å². The van der Waals surface area contributed by atoms with Gasteiger partial charge in [-0.2, -0.15) is 0 Å². The second-order valence-corrected chi connectivity index (χ2v) is 33.2. The minimum Gasteiger partial charge on any atom is -0.0660 e. The summed E-state index contributed by atoms with van der Waals surface area (Å²) in [5.41, 5.74) is 16.9. The van der Waals surface area contributed by atoms with E-state index in [1.807, 2.05) is 63.9 Å². The molecule has 0 N–H and O–H groups in total. The first-order chi connectivity index (χ1) is 39.4.